The molecular formula is C18H24N4O2. The lowest BCUT2D eigenvalue weighted by Gasteiger charge is -2.21. The molecule has 1 aliphatic carbocycles. The number of hydrogen-bond acceptors (Lipinski definition) is 6. The van der Waals surface area contributed by atoms with Crippen molar-refractivity contribution in [2.45, 2.75) is 38.1 Å². The third-order valence-electron chi connectivity index (χ3n) is 4.55. The van der Waals surface area contributed by atoms with Gasteiger partial charge in [0, 0.05) is 19.8 Å². The highest BCUT2D eigenvalue weighted by Gasteiger charge is 2.39. The van der Waals surface area contributed by atoms with Crippen molar-refractivity contribution in [3.63, 3.8) is 0 Å². The lowest BCUT2D eigenvalue weighted by Crippen LogP contribution is -2.35. The van der Waals surface area contributed by atoms with Crippen LogP contribution in [0.4, 0.5) is 11.8 Å². The van der Waals surface area contributed by atoms with Crippen LogP contribution in [0.1, 0.15) is 18.9 Å². The number of benzene rings is 1. The molecule has 1 fully saturated rings. The van der Waals surface area contributed by atoms with Crippen molar-refractivity contribution in [3.8, 4) is 0 Å². The molecule has 4 atom stereocenters. The summed E-state index contributed by atoms with van der Waals surface area (Å²) in [6.07, 6.45) is 0.944. The monoisotopic (exact) mass is 328 g/mol. The number of nitrogens with zero attached hydrogens (tertiary/aromatic N) is 3. The summed E-state index contributed by atoms with van der Waals surface area (Å²) >= 11 is 0. The minimum absolute atomic E-state index is 0.0690. The molecule has 0 spiro atoms. The van der Waals surface area contributed by atoms with Crippen molar-refractivity contribution in [2.75, 3.05) is 17.3 Å². The molecule has 1 aliphatic rings. The fourth-order valence-corrected chi connectivity index (χ4v) is 3.13. The zero-order valence-electron chi connectivity index (χ0n) is 14.0. The van der Waals surface area contributed by atoms with E-state index in [0.717, 1.165) is 0 Å². The quantitative estimate of drug-likeness (QED) is 0.774. The number of aromatic nitrogens is 2. The summed E-state index contributed by atoms with van der Waals surface area (Å²) in [5.41, 5.74) is 1.19. The van der Waals surface area contributed by atoms with Crippen LogP contribution in [0.5, 0.6) is 0 Å². The molecule has 3 rings (SSSR count). The fraction of sp³-hybridized carbons (Fsp3) is 0.444. The van der Waals surface area contributed by atoms with E-state index < -0.39 is 12.2 Å². The van der Waals surface area contributed by atoms with Crippen LogP contribution in [0, 0.1) is 5.92 Å². The number of aliphatic hydroxyl groups excluding tert-OH is 2. The Bertz CT molecular complexity index is 667. The van der Waals surface area contributed by atoms with Crippen molar-refractivity contribution < 1.29 is 10.2 Å². The van der Waals surface area contributed by atoms with Gasteiger partial charge in [0.2, 0.25) is 5.95 Å². The van der Waals surface area contributed by atoms with Gasteiger partial charge in [0.05, 0.1) is 12.1 Å². The molecule has 0 saturated heterocycles. The van der Waals surface area contributed by atoms with Crippen LogP contribution in [0.25, 0.3) is 0 Å². The van der Waals surface area contributed by atoms with Gasteiger partial charge in [-0.2, -0.15) is 4.98 Å². The molecule has 0 radical (unpaired) electrons. The van der Waals surface area contributed by atoms with E-state index in [-0.39, 0.29) is 12.0 Å². The van der Waals surface area contributed by atoms with Crippen LogP contribution in [-0.4, -0.2) is 45.5 Å². The lowest BCUT2D eigenvalue weighted by molar-refractivity contribution is 0.0210. The first kappa shape index (κ1) is 16.7. The van der Waals surface area contributed by atoms with Crippen molar-refractivity contribution in [3.05, 3.63) is 48.2 Å². The Morgan fingerprint density at radius 1 is 1.17 bits per heavy atom. The van der Waals surface area contributed by atoms with Gasteiger partial charge in [-0.3, -0.25) is 0 Å². The Hall–Kier alpha value is -2.18. The highest BCUT2D eigenvalue weighted by Crippen LogP contribution is 2.28. The van der Waals surface area contributed by atoms with Crippen LogP contribution in [0.15, 0.2) is 42.6 Å². The second-order valence-corrected chi connectivity index (χ2v) is 6.53. The Kier molecular flexibility index (Phi) is 4.97. The summed E-state index contributed by atoms with van der Waals surface area (Å²) in [6.45, 7) is 2.65. The number of rotatable bonds is 5. The number of nitrogens with one attached hydrogen (secondary N) is 1. The summed E-state index contributed by atoms with van der Waals surface area (Å²) in [7, 11) is 1.95. The molecule has 0 bridgehead atoms. The van der Waals surface area contributed by atoms with Gasteiger partial charge in [0.25, 0.3) is 0 Å². The van der Waals surface area contributed by atoms with Gasteiger partial charge >= 0.3 is 0 Å². The third-order valence-corrected chi connectivity index (χ3v) is 4.55. The molecular weight excluding hydrogens is 304 g/mol. The largest absolute Gasteiger partial charge is 0.390 e. The second-order valence-electron chi connectivity index (χ2n) is 6.53. The minimum atomic E-state index is -0.777. The van der Waals surface area contributed by atoms with Gasteiger partial charge in [-0.1, -0.05) is 37.3 Å². The molecule has 0 amide bonds. The Morgan fingerprint density at radius 3 is 2.58 bits per heavy atom. The molecule has 1 aromatic carbocycles. The van der Waals surface area contributed by atoms with E-state index in [4.69, 9.17) is 0 Å². The summed E-state index contributed by atoms with van der Waals surface area (Å²) in [6, 6.07) is 11.7. The van der Waals surface area contributed by atoms with Crippen LogP contribution in [0.2, 0.25) is 0 Å². The molecule has 1 heterocycles. The molecule has 6 nitrogen and oxygen atoms in total. The molecule has 0 unspecified atom stereocenters. The van der Waals surface area contributed by atoms with Gasteiger partial charge in [-0.05, 0) is 24.0 Å². The second kappa shape index (κ2) is 7.15. The number of hydrogen-bond donors (Lipinski definition) is 3. The molecule has 1 saturated carbocycles. The fourth-order valence-electron chi connectivity index (χ4n) is 3.13. The zero-order valence-corrected chi connectivity index (χ0v) is 14.0. The van der Waals surface area contributed by atoms with Crippen LogP contribution >= 0.6 is 0 Å². The van der Waals surface area contributed by atoms with E-state index >= 15 is 0 Å². The van der Waals surface area contributed by atoms with Crippen LogP contribution < -0.4 is 10.2 Å². The van der Waals surface area contributed by atoms with E-state index in [9.17, 15) is 10.2 Å². The molecule has 3 N–H and O–H groups in total. The maximum absolute atomic E-state index is 10.1. The average Bonchev–Trinajstić information content (AvgIpc) is 2.83. The maximum atomic E-state index is 10.1. The van der Waals surface area contributed by atoms with E-state index in [0.29, 0.717) is 24.7 Å². The van der Waals surface area contributed by atoms with Gasteiger partial charge in [0.15, 0.2) is 0 Å². The Balaban J connectivity index is 1.68. The zero-order chi connectivity index (χ0) is 17.1. The predicted molar refractivity (Wildman–Crippen MR) is 93.8 cm³/mol. The smallest absolute Gasteiger partial charge is 0.227 e. The number of aliphatic hydroxyl groups is 2. The van der Waals surface area contributed by atoms with Crippen LogP contribution in [-0.2, 0) is 6.54 Å². The molecule has 128 valence electrons. The Labute approximate surface area is 142 Å². The van der Waals surface area contributed by atoms with E-state index in [1.807, 2.05) is 37.1 Å². The summed E-state index contributed by atoms with van der Waals surface area (Å²) in [5, 5.41) is 23.2. The van der Waals surface area contributed by atoms with Crippen molar-refractivity contribution in [2.24, 2.45) is 5.92 Å². The SMILES string of the molecule is C[C@@H]1C[C@@H](Nc2ccnc(N(C)Cc3ccccc3)n2)[C@H](O)[C@@H]1O. The Morgan fingerprint density at radius 2 is 1.92 bits per heavy atom. The molecule has 2 aromatic rings. The summed E-state index contributed by atoms with van der Waals surface area (Å²) in [4.78, 5) is 10.8. The number of anilines is 2. The molecule has 6 heteroatoms. The topological polar surface area (TPSA) is 81.5 Å². The predicted octanol–water partition coefficient (Wildman–Crippen LogP) is 1.66. The maximum Gasteiger partial charge on any atom is 0.227 e. The highest BCUT2D eigenvalue weighted by molar-refractivity contribution is 5.42. The minimum Gasteiger partial charge on any atom is -0.390 e. The standard InChI is InChI=1S/C18H24N4O2/c1-12-10-14(17(24)16(12)23)20-15-8-9-19-18(21-15)22(2)11-13-6-4-3-5-7-13/h3-9,12,14,16-17,23-24H,10-11H2,1-2H3,(H,19,20,21)/t12-,14-,16-,17+/m1/s1. The molecule has 0 aliphatic heterocycles. The third kappa shape index (κ3) is 3.66. The summed E-state index contributed by atoms with van der Waals surface area (Å²) < 4.78 is 0. The van der Waals surface area contributed by atoms with Gasteiger partial charge in [-0.25, -0.2) is 4.98 Å². The van der Waals surface area contributed by atoms with Crippen molar-refractivity contribution in [1.82, 2.24) is 9.97 Å². The highest BCUT2D eigenvalue weighted by atomic mass is 16.3. The van der Waals surface area contributed by atoms with Gasteiger partial charge in [-0.15, -0.1) is 0 Å². The molecule has 1 aromatic heterocycles. The normalized spacial score (nSPS) is 26.3. The van der Waals surface area contributed by atoms with Crippen molar-refractivity contribution in [1.29, 1.82) is 0 Å². The van der Waals surface area contributed by atoms with E-state index in [1.54, 1.807) is 12.3 Å². The summed E-state index contributed by atoms with van der Waals surface area (Å²) in [5.74, 6) is 1.34. The van der Waals surface area contributed by atoms with Crippen molar-refractivity contribution >= 4 is 11.8 Å². The lowest BCUT2D eigenvalue weighted by atomic mass is 10.1. The first-order valence-corrected chi connectivity index (χ1v) is 8.25. The van der Waals surface area contributed by atoms with Gasteiger partial charge < -0.3 is 20.4 Å². The van der Waals surface area contributed by atoms with Gasteiger partial charge in [0.1, 0.15) is 11.9 Å². The average molecular weight is 328 g/mol. The molecule has 24 heavy (non-hydrogen) atoms. The van der Waals surface area contributed by atoms with E-state index in [2.05, 4.69) is 27.4 Å². The van der Waals surface area contributed by atoms with E-state index in [1.165, 1.54) is 5.56 Å². The first-order chi connectivity index (χ1) is 11.5. The van der Waals surface area contributed by atoms with Crippen LogP contribution in [0.3, 0.4) is 0 Å². The first-order valence-electron chi connectivity index (χ1n) is 8.25.